The van der Waals surface area contributed by atoms with Crippen LogP contribution in [0.25, 0.3) is 5.69 Å². The molecule has 0 amide bonds. The van der Waals surface area contributed by atoms with Gasteiger partial charge < -0.3 is 4.90 Å². The Bertz CT molecular complexity index is 981. The predicted octanol–water partition coefficient (Wildman–Crippen LogP) is 2.20. The van der Waals surface area contributed by atoms with Crippen molar-refractivity contribution in [2.45, 2.75) is 26.8 Å². The van der Waals surface area contributed by atoms with Gasteiger partial charge in [0.2, 0.25) is 0 Å². The first-order chi connectivity index (χ1) is 12.1. The first-order valence-electron chi connectivity index (χ1n) is 8.34. The molecule has 0 saturated carbocycles. The smallest absolute Gasteiger partial charge is 0.260 e. The lowest BCUT2D eigenvalue weighted by Gasteiger charge is -2.29. The van der Waals surface area contributed by atoms with Gasteiger partial charge in [0.05, 0.1) is 11.4 Å². The quantitative estimate of drug-likeness (QED) is 0.719. The van der Waals surface area contributed by atoms with Crippen molar-refractivity contribution in [2.75, 3.05) is 11.4 Å². The number of para-hydroxylation sites is 1. The highest BCUT2D eigenvalue weighted by atomic mass is 16.1. The van der Waals surface area contributed by atoms with E-state index in [0.29, 0.717) is 18.2 Å². The largest absolute Gasteiger partial charge is 0.352 e. The lowest BCUT2D eigenvalue weighted by molar-refractivity contribution is 0.684. The maximum atomic E-state index is 12.7. The zero-order valence-corrected chi connectivity index (χ0v) is 14.3. The van der Waals surface area contributed by atoms with Gasteiger partial charge in [-0.1, -0.05) is 18.2 Å². The van der Waals surface area contributed by atoms with E-state index in [1.54, 1.807) is 10.6 Å². The molecule has 6 nitrogen and oxygen atoms in total. The molecular formula is C19H19N5O. The number of anilines is 1. The van der Waals surface area contributed by atoms with Gasteiger partial charge in [0.1, 0.15) is 17.5 Å². The molecule has 3 heterocycles. The summed E-state index contributed by atoms with van der Waals surface area (Å²) in [6.07, 6.45) is 2.71. The van der Waals surface area contributed by atoms with Gasteiger partial charge in [0.25, 0.3) is 5.56 Å². The molecule has 3 aromatic rings. The van der Waals surface area contributed by atoms with Crippen LogP contribution < -0.4 is 10.5 Å². The van der Waals surface area contributed by atoms with E-state index in [1.807, 2.05) is 50.4 Å². The van der Waals surface area contributed by atoms with Crippen LogP contribution in [0.5, 0.6) is 0 Å². The molecule has 0 saturated heterocycles. The summed E-state index contributed by atoms with van der Waals surface area (Å²) in [5, 5.41) is 0. The lowest BCUT2D eigenvalue weighted by atomic mass is 10.1. The number of hydrogen-bond donors (Lipinski definition) is 0. The standard InChI is InChI=1S/C19H19N5O/c1-13-20-11-15-12-23(9-8-17(15)21-13)18-10-19(25)24(14(2)22-18)16-6-4-3-5-7-16/h3-7,10-11H,8-9,12H2,1-2H3. The maximum Gasteiger partial charge on any atom is 0.260 e. The van der Waals surface area contributed by atoms with Gasteiger partial charge in [-0.3, -0.25) is 9.36 Å². The Morgan fingerprint density at radius 2 is 1.88 bits per heavy atom. The molecule has 126 valence electrons. The Balaban J connectivity index is 1.69. The zero-order chi connectivity index (χ0) is 17.4. The first kappa shape index (κ1) is 15.5. The molecule has 0 aliphatic carbocycles. The number of benzene rings is 1. The topological polar surface area (TPSA) is 63.9 Å². The average Bonchev–Trinajstić information content (AvgIpc) is 2.61. The van der Waals surface area contributed by atoms with Gasteiger partial charge >= 0.3 is 0 Å². The van der Waals surface area contributed by atoms with Crippen LogP contribution in [0.15, 0.2) is 47.4 Å². The molecule has 1 aromatic carbocycles. The molecule has 1 aliphatic rings. The minimum atomic E-state index is -0.0698. The number of aromatic nitrogens is 4. The monoisotopic (exact) mass is 333 g/mol. The summed E-state index contributed by atoms with van der Waals surface area (Å²) in [6.45, 7) is 5.24. The van der Waals surface area contributed by atoms with Gasteiger partial charge in [-0.05, 0) is 26.0 Å². The van der Waals surface area contributed by atoms with Crippen molar-refractivity contribution in [3.63, 3.8) is 0 Å². The Morgan fingerprint density at radius 1 is 1.08 bits per heavy atom. The minimum Gasteiger partial charge on any atom is -0.352 e. The second kappa shape index (κ2) is 6.12. The molecule has 0 unspecified atom stereocenters. The number of fused-ring (bicyclic) bond motifs is 1. The molecule has 4 rings (SSSR count). The van der Waals surface area contributed by atoms with E-state index < -0.39 is 0 Å². The van der Waals surface area contributed by atoms with Crippen molar-refractivity contribution in [3.05, 3.63) is 75.9 Å². The Labute approximate surface area is 145 Å². The summed E-state index contributed by atoms with van der Waals surface area (Å²) in [5.74, 6) is 2.19. The molecule has 0 atom stereocenters. The third-order valence-corrected chi connectivity index (χ3v) is 4.47. The fourth-order valence-corrected chi connectivity index (χ4v) is 3.25. The van der Waals surface area contributed by atoms with Crippen LogP contribution in [0, 0.1) is 13.8 Å². The molecule has 1 aliphatic heterocycles. The summed E-state index contributed by atoms with van der Waals surface area (Å²) >= 11 is 0. The summed E-state index contributed by atoms with van der Waals surface area (Å²) in [6, 6.07) is 11.2. The minimum absolute atomic E-state index is 0.0698. The molecule has 0 spiro atoms. The molecular weight excluding hydrogens is 314 g/mol. The Hall–Kier alpha value is -3.02. The van der Waals surface area contributed by atoms with Gasteiger partial charge in [-0.15, -0.1) is 0 Å². The lowest BCUT2D eigenvalue weighted by Crippen LogP contribution is -2.34. The third kappa shape index (κ3) is 2.91. The van der Waals surface area contributed by atoms with Crippen LogP contribution >= 0.6 is 0 Å². The van der Waals surface area contributed by atoms with Gasteiger partial charge in [-0.2, -0.15) is 0 Å². The van der Waals surface area contributed by atoms with Crippen molar-refractivity contribution >= 4 is 5.82 Å². The van der Waals surface area contributed by atoms with E-state index in [4.69, 9.17) is 0 Å². The third-order valence-electron chi connectivity index (χ3n) is 4.47. The SMILES string of the molecule is Cc1ncc2c(n1)CCN(c1cc(=O)n(-c3ccccc3)c(C)n1)C2. The number of rotatable bonds is 2. The Morgan fingerprint density at radius 3 is 2.64 bits per heavy atom. The number of nitrogens with zero attached hydrogens (tertiary/aromatic N) is 5. The number of hydrogen-bond acceptors (Lipinski definition) is 5. The van der Waals surface area contributed by atoms with Crippen molar-refractivity contribution in [1.29, 1.82) is 0 Å². The van der Waals surface area contributed by atoms with E-state index in [1.165, 1.54) is 0 Å². The molecule has 0 radical (unpaired) electrons. The average molecular weight is 333 g/mol. The molecule has 2 aromatic heterocycles. The highest BCUT2D eigenvalue weighted by molar-refractivity contribution is 5.44. The van der Waals surface area contributed by atoms with Crippen LogP contribution in [0.1, 0.15) is 22.9 Å². The van der Waals surface area contributed by atoms with Gasteiger partial charge in [0, 0.05) is 37.3 Å². The van der Waals surface area contributed by atoms with E-state index in [2.05, 4.69) is 19.9 Å². The Kier molecular flexibility index (Phi) is 3.80. The van der Waals surface area contributed by atoms with Gasteiger partial charge in [0.15, 0.2) is 0 Å². The zero-order valence-electron chi connectivity index (χ0n) is 14.3. The van der Waals surface area contributed by atoms with Crippen molar-refractivity contribution in [1.82, 2.24) is 19.5 Å². The summed E-state index contributed by atoms with van der Waals surface area (Å²) in [4.78, 5) is 28.2. The van der Waals surface area contributed by atoms with E-state index in [9.17, 15) is 4.79 Å². The van der Waals surface area contributed by atoms with Crippen molar-refractivity contribution in [2.24, 2.45) is 0 Å². The maximum absolute atomic E-state index is 12.7. The van der Waals surface area contributed by atoms with E-state index >= 15 is 0 Å². The van der Waals surface area contributed by atoms with Crippen molar-refractivity contribution < 1.29 is 0 Å². The molecule has 0 N–H and O–H groups in total. The fourth-order valence-electron chi connectivity index (χ4n) is 3.25. The van der Waals surface area contributed by atoms with Crippen molar-refractivity contribution in [3.8, 4) is 5.69 Å². The number of aryl methyl sites for hydroxylation is 2. The molecule has 0 bridgehead atoms. The summed E-state index contributed by atoms with van der Waals surface area (Å²) in [5.41, 5.74) is 2.96. The molecule has 6 heteroatoms. The van der Waals surface area contributed by atoms with Gasteiger partial charge in [-0.25, -0.2) is 15.0 Å². The normalized spacial score (nSPS) is 13.6. The van der Waals surface area contributed by atoms with Crippen LogP contribution in [0.2, 0.25) is 0 Å². The van der Waals surface area contributed by atoms with Crippen LogP contribution in [0.3, 0.4) is 0 Å². The van der Waals surface area contributed by atoms with Crippen LogP contribution in [-0.2, 0) is 13.0 Å². The highest BCUT2D eigenvalue weighted by Gasteiger charge is 2.20. The van der Waals surface area contributed by atoms with Crippen LogP contribution in [0.4, 0.5) is 5.82 Å². The predicted molar refractivity (Wildman–Crippen MR) is 96.1 cm³/mol. The first-order valence-corrected chi connectivity index (χ1v) is 8.34. The molecule has 25 heavy (non-hydrogen) atoms. The summed E-state index contributed by atoms with van der Waals surface area (Å²) < 4.78 is 1.63. The van der Waals surface area contributed by atoms with E-state index in [0.717, 1.165) is 35.7 Å². The second-order valence-corrected chi connectivity index (χ2v) is 6.23. The highest BCUT2D eigenvalue weighted by Crippen LogP contribution is 2.21. The molecule has 0 fully saturated rings. The fraction of sp³-hybridized carbons (Fsp3) is 0.263. The summed E-state index contributed by atoms with van der Waals surface area (Å²) in [7, 11) is 0. The second-order valence-electron chi connectivity index (χ2n) is 6.23. The van der Waals surface area contributed by atoms with Crippen LogP contribution in [-0.4, -0.2) is 26.1 Å². The van der Waals surface area contributed by atoms with E-state index in [-0.39, 0.29) is 5.56 Å².